The summed E-state index contributed by atoms with van der Waals surface area (Å²) in [7, 11) is 0. The van der Waals surface area contributed by atoms with Gasteiger partial charge in [-0.15, -0.1) is 0 Å². The fourth-order valence-electron chi connectivity index (χ4n) is 14.9. The van der Waals surface area contributed by atoms with Crippen molar-refractivity contribution >= 4 is 0 Å². The van der Waals surface area contributed by atoms with Crippen LogP contribution in [0.3, 0.4) is 0 Å². The van der Waals surface area contributed by atoms with Crippen molar-refractivity contribution in [1.29, 1.82) is 0 Å². The zero-order valence-electron chi connectivity index (χ0n) is 48.5. The third-order valence-electron chi connectivity index (χ3n) is 20.9. The first-order chi connectivity index (χ1) is 33.3. The summed E-state index contributed by atoms with van der Waals surface area (Å²) >= 11 is 0. The number of fused-ring (bicyclic) bond motifs is 2. The Balaban J connectivity index is 0.802. The van der Waals surface area contributed by atoms with Gasteiger partial charge >= 0.3 is 0 Å². The van der Waals surface area contributed by atoms with Gasteiger partial charge in [0.25, 0.3) is 0 Å². The second-order valence-corrected chi connectivity index (χ2v) is 29.1. The molecule has 2 N–H and O–H groups in total. The van der Waals surface area contributed by atoms with Crippen molar-refractivity contribution in [3.8, 4) is 11.5 Å². The van der Waals surface area contributed by atoms with Crippen LogP contribution in [-0.4, -0.2) is 83.5 Å². The van der Waals surface area contributed by atoms with Gasteiger partial charge in [-0.25, -0.2) is 0 Å². The summed E-state index contributed by atoms with van der Waals surface area (Å²) in [5, 5.41) is 22.0. The van der Waals surface area contributed by atoms with Crippen LogP contribution in [-0.2, 0) is 18.9 Å². The summed E-state index contributed by atoms with van der Waals surface area (Å²) in [6, 6.07) is 19.7. The first-order valence-electron chi connectivity index (χ1n) is 28.6. The van der Waals surface area contributed by atoms with Crippen molar-refractivity contribution < 1.29 is 38.6 Å². The fourth-order valence-corrected chi connectivity index (χ4v) is 14.9. The molecule has 0 amide bonds. The quantitative estimate of drug-likeness (QED) is 0.0721. The SMILES string of the molecule is CC1(CC(C)(C)OCCCC2CC2(C)C(C)(C)OCC(COc2ccccc2)C(C)(C)O)CCC2C(C1)C1CC23CC13CC(C)(C)OCCCCC(C)(C)C(C)(C)OCC(COc1ccccc1)C(C)(C)O. The molecule has 7 rings (SSSR count). The van der Waals surface area contributed by atoms with Gasteiger partial charge in [0.2, 0.25) is 0 Å². The molecule has 0 aromatic heterocycles. The molecule has 8 heteroatoms. The molecule has 2 aromatic carbocycles. The van der Waals surface area contributed by atoms with Gasteiger partial charge in [0.1, 0.15) is 11.5 Å². The largest absolute Gasteiger partial charge is 0.493 e. The van der Waals surface area contributed by atoms with Gasteiger partial charge < -0.3 is 38.6 Å². The van der Waals surface area contributed by atoms with E-state index < -0.39 is 11.2 Å². The Morgan fingerprint density at radius 2 is 1.11 bits per heavy atom. The molecule has 408 valence electrons. The van der Waals surface area contributed by atoms with E-state index in [0.717, 1.165) is 81.0 Å². The number of rotatable bonds is 31. The average molecular weight is 1000 g/mol. The maximum absolute atomic E-state index is 11.0. The lowest BCUT2D eigenvalue weighted by Gasteiger charge is -2.45. The van der Waals surface area contributed by atoms with Crippen LogP contribution in [0.4, 0.5) is 0 Å². The highest BCUT2D eigenvalue weighted by Gasteiger charge is 2.88. The van der Waals surface area contributed by atoms with Gasteiger partial charge in [0.15, 0.2) is 0 Å². The minimum absolute atomic E-state index is 0.0536. The van der Waals surface area contributed by atoms with Crippen molar-refractivity contribution in [2.24, 2.45) is 62.6 Å². The van der Waals surface area contributed by atoms with E-state index in [-0.39, 0.29) is 45.1 Å². The Bertz CT molecular complexity index is 2050. The molecule has 10 unspecified atom stereocenters. The van der Waals surface area contributed by atoms with Crippen molar-refractivity contribution in [2.75, 3.05) is 39.6 Å². The standard InChI is InChI=1S/C64H104O8/c1-54(2,59(11,12)71-41-47(57(7,8)65)39-67-49-27-19-17-20-28-49)32-23-24-34-69-56(5,6)44-64-45-63(64)38-53(64)51-37-61(15,33-31-52(51)63)43-55(3,4)70-35-25-26-46-36-62(46,16)60(13,14)72-42-48(58(9,10)66)40-68-50-29-21-18-22-30-50/h17-22,27-30,46-48,51-53,65-66H,23-26,31-45H2,1-16H3. The maximum Gasteiger partial charge on any atom is 0.119 e. The summed E-state index contributed by atoms with van der Waals surface area (Å²) in [5.74, 6) is 4.57. The zero-order valence-corrected chi connectivity index (χ0v) is 48.5. The second-order valence-electron chi connectivity index (χ2n) is 29.1. The lowest BCUT2D eigenvalue weighted by Crippen LogP contribution is -2.46. The Kier molecular flexibility index (Phi) is 16.7. The van der Waals surface area contributed by atoms with Gasteiger partial charge in [-0.3, -0.25) is 0 Å². The molecule has 10 atom stereocenters. The first-order valence-corrected chi connectivity index (χ1v) is 28.6. The van der Waals surface area contributed by atoms with Crippen molar-refractivity contribution in [1.82, 2.24) is 0 Å². The normalized spacial score (nSPS) is 30.2. The minimum Gasteiger partial charge on any atom is -0.493 e. The average Bonchev–Trinajstić information content (AvgIpc) is 3.99. The highest BCUT2D eigenvalue weighted by atomic mass is 16.5. The molecular formula is C64H104O8. The van der Waals surface area contributed by atoms with Crippen LogP contribution in [0.15, 0.2) is 60.7 Å². The van der Waals surface area contributed by atoms with Gasteiger partial charge in [-0.1, -0.05) is 70.5 Å². The van der Waals surface area contributed by atoms with Gasteiger partial charge in [0, 0.05) is 25.0 Å². The molecule has 0 aliphatic heterocycles. The lowest BCUT2D eigenvalue weighted by molar-refractivity contribution is -0.139. The van der Waals surface area contributed by atoms with E-state index in [9.17, 15) is 10.2 Å². The highest BCUT2D eigenvalue weighted by Crippen LogP contribution is 2.94. The van der Waals surface area contributed by atoms with E-state index in [1.165, 1.54) is 44.9 Å². The smallest absolute Gasteiger partial charge is 0.119 e. The molecule has 5 fully saturated rings. The van der Waals surface area contributed by atoms with Crippen LogP contribution in [0, 0.1) is 62.6 Å². The topological polar surface area (TPSA) is 95.8 Å². The predicted molar refractivity (Wildman–Crippen MR) is 292 cm³/mol. The predicted octanol–water partition coefficient (Wildman–Crippen LogP) is 14.7. The molecule has 0 heterocycles. The molecule has 0 radical (unpaired) electrons. The highest BCUT2D eigenvalue weighted by molar-refractivity contribution is 5.36. The number of unbranched alkanes of at least 4 members (excludes halogenated alkanes) is 1. The van der Waals surface area contributed by atoms with Crippen molar-refractivity contribution in [3.05, 3.63) is 60.7 Å². The van der Waals surface area contributed by atoms with Gasteiger partial charge in [-0.2, -0.15) is 0 Å². The van der Waals surface area contributed by atoms with Crippen molar-refractivity contribution in [3.63, 3.8) is 0 Å². The number of hydrogen-bond acceptors (Lipinski definition) is 8. The van der Waals surface area contributed by atoms with Gasteiger partial charge in [0.05, 0.1) is 60.0 Å². The van der Waals surface area contributed by atoms with E-state index in [2.05, 4.69) is 83.1 Å². The van der Waals surface area contributed by atoms with E-state index in [1.54, 1.807) is 0 Å². The third-order valence-corrected chi connectivity index (χ3v) is 20.9. The number of aliphatic hydroxyl groups is 2. The van der Waals surface area contributed by atoms with Crippen LogP contribution in [0.25, 0.3) is 0 Å². The summed E-state index contributed by atoms with van der Waals surface area (Å²) < 4.78 is 39.1. The maximum atomic E-state index is 11.0. The van der Waals surface area contributed by atoms with Crippen molar-refractivity contribution in [2.45, 2.75) is 228 Å². The van der Waals surface area contributed by atoms with Crippen LogP contribution in [0.2, 0.25) is 0 Å². The third kappa shape index (κ3) is 12.8. The molecular weight excluding hydrogens is 897 g/mol. The number of benzene rings is 2. The molecule has 5 aliphatic rings. The fraction of sp³-hybridized carbons (Fsp3) is 0.812. The number of para-hydroxylation sites is 2. The molecule has 0 spiro atoms. The molecule has 72 heavy (non-hydrogen) atoms. The van der Waals surface area contributed by atoms with E-state index >= 15 is 0 Å². The summed E-state index contributed by atoms with van der Waals surface area (Å²) in [6.45, 7) is 38.7. The van der Waals surface area contributed by atoms with Gasteiger partial charge in [-0.05, 0) is 235 Å². The van der Waals surface area contributed by atoms with E-state index in [0.29, 0.717) is 48.6 Å². The molecule has 8 nitrogen and oxygen atoms in total. The summed E-state index contributed by atoms with van der Waals surface area (Å²) in [4.78, 5) is 0. The lowest BCUT2D eigenvalue weighted by atomic mass is 9.62. The number of ether oxygens (including phenoxy) is 6. The molecule has 2 aromatic rings. The minimum atomic E-state index is -0.924. The molecule has 5 aliphatic carbocycles. The Hall–Kier alpha value is -2.20. The monoisotopic (exact) mass is 1000 g/mol. The van der Waals surface area contributed by atoms with Crippen LogP contribution < -0.4 is 9.47 Å². The molecule has 2 bridgehead atoms. The van der Waals surface area contributed by atoms with Crippen LogP contribution >= 0.6 is 0 Å². The molecule has 5 saturated carbocycles. The molecule has 0 saturated heterocycles. The van der Waals surface area contributed by atoms with Crippen LogP contribution in [0.1, 0.15) is 194 Å². The Morgan fingerprint density at radius 1 is 0.583 bits per heavy atom. The second kappa shape index (κ2) is 21.0. The first kappa shape index (κ1) is 57.5. The summed E-state index contributed by atoms with van der Waals surface area (Å²) in [5.41, 5.74) is -1.29. The summed E-state index contributed by atoms with van der Waals surface area (Å²) in [6.07, 6.45) is 15.9. The number of hydrogen-bond donors (Lipinski definition) is 2. The van der Waals surface area contributed by atoms with E-state index in [1.807, 2.05) is 88.4 Å². The Morgan fingerprint density at radius 3 is 1.67 bits per heavy atom. The Labute approximate surface area is 439 Å². The zero-order chi connectivity index (χ0) is 52.9. The van der Waals surface area contributed by atoms with Crippen LogP contribution in [0.5, 0.6) is 11.5 Å². The van der Waals surface area contributed by atoms with E-state index in [4.69, 9.17) is 28.4 Å².